The van der Waals surface area contributed by atoms with Gasteiger partial charge in [0.15, 0.2) is 5.76 Å². The molecule has 0 spiro atoms. The summed E-state index contributed by atoms with van der Waals surface area (Å²) in [5.74, 6) is 0.137. The molecular formula is C9H12NaO4S. The number of hydrogen-bond acceptors (Lipinski definition) is 4. The maximum atomic E-state index is 9.82. The Balaban J connectivity index is 0. The summed E-state index contributed by atoms with van der Waals surface area (Å²) in [4.78, 5) is 9.82. The van der Waals surface area contributed by atoms with Crippen LogP contribution in [0.4, 0.5) is 0 Å². The van der Waals surface area contributed by atoms with Crippen molar-refractivity contribution in [3.8, 4) is 0 Å². The van der Waals surface area contributed by atoms with Gasteiger partial charge in [-0.05, 0) is 31.3 Å². The summed E-state index contributed by atoms with van der Waals surface area (Å²) in [5, 5.41) is 8.35. The van der Waals surface area contributed by atoms with Crippen LogP contribution in [0.3, 0.4) is 0 Å². The van der Waals surface area contributed by atoms with Crippen molar-refractivity contribution in [3.63, 3.8) is 0 Å². The molecule has 1 radical (unpaired) electrons. The number of carbonyl (C=O) groups excluding carboxylic acids is 1. The first-order valence-corrected chi connectivity index (χ1v) is 4.39. The van der Waals surface area contributed by atoms with E-state index in [-0.39, 0.29) is 40.6 Å². The molecule has 1 aromatic rings. The molecule has 6 heteroatoms. The van der Waals surface area contributed by atoms with Gasteiger partial charge in [-0.3, -0.25) is 4.79 Å². The van der Waals surface area contributed by atoms with Crippen LogP contribution in [-0.2, 0) is 9.53 Å². The van der Waals surface area contributed by atoms with Crippen LogP contribution in [0.2, 0.25) is 0 Å². The van der Waals surface area contributed by atoms with E-state index in [1.54, 1.807) is 19.1 Å². The van der Waals surface area contributed by atoms with Crippen LogP contribution in [0.25, 0.3) is 0 Å². The number of furan rings is 1. The standard InChI is InChI=1S/C5H4O2S.C4H8O2.Na/c6-5(8)4-2-1-3-7-4;1-3-6-4(2)5;/h1-3H,(H,6,8);3H2,1-2H3;. The Labute approximate surface area is 116 Å². The molecule has 0 aromatic carbocycles. The molecule has 1 aromatic heterocycles. The third-order valence-electron chi connectivity index (χ3n) is 1.08. The molecule has 0 saturated heterocycles. The van der Waals surface area contributed by atoms with Crippen molar-refractivity contribution in [2.45, 2.75) is 13.8 Å². The molecule has 0 aliphatic rings. The maximum absolute atomic E-state index is 9.82. The summed E-state index contributed by atoms with van der Waals surface area (Å²) in [5.41, 5.74) is 0. The van der Waals surface area contributed by atoms with Crippen molar-refractivity contribution < 1.29 is 19.1 Å². The minimum atomic E-state index is -0.211. The number of esters is 1. The Morgan fingerprint density at radius 1 is 1.67 bits per heavy atom. The second-order valence-corrected chi connectivity index (χ2v) is 2.59. The molecule has 15 heavy (non-hydrogen) atoms. The van der Waals surface area contributed by atoms with Gasteiger partial charge in [-0.1, -0.05) is 0 Å². The van der Waals surface area contributed by atoms with Crippen molar-refractivity contribution in [1.29, 1.82) is 0 Å². The normalized spacial score (nSPS) is 7.87. The predicted molar refractivity (Wildman–Crippen MR) is 61.1 cm³/mol. The summed E-state index contributed by atoms with van der Waals surface area (Å²) >= 11 is 4.38. The molecule has 0 saturated carbocycles. The van der Waals surface area contributed by atoms with E-state index in [0.717, 1.165) is 0 Å². The van der Waals surface area contributed by atoms with Crippen LogP contribution < -0.4 is 0 Å². The van der Waals surface area contributed by atoms with E-state index in [1.807, 2.05) is 0 Å². The third kappa shape index (κ3) is 9.93. The largest absolute Gasteiger partial charge is 0.496 e. The minimum Gasteiger partial charge on any atom is -0.496 e. The van der Waals surface area contributed by atoms with Crippen molar-refractivity contribution in [1.82, 2.24) is 0 Å². The Hall–Kier alpha value is -0.360. The van der Waals surface area contributed by atoms with Crippen LogP contribution in [0.5, 0.6) is 0 Å². The van der Waals surface area contributed by atoms with Crippen LogP contribution in [0, 0.1) is 0 Å². The molecule has 4 nitrogen and oxygen atoms in total. The van der Waals surface area contributed by atoms with Crippen molar-refractivity contribution in [2.24, 2.45) is 0 Å². The second-order valence-electron chi connectivity index (χ2n) is 2.21. The van der Waals surface area contributed by atoms with E-state index in [9.17, 15) is 4.79 Å². The maximum Gasteiger partial charge on any atom is 0.302 e. The molecule has 0 aliphatic heterocycles. The molecule has 0 aliphatic carbocycles. The Bertz CT molecular complexity index is 284. The van der Waals surface area contributed by atoms with E-state index in [0.29, 0.717) is 12.4 Å². The average Bonchev–Trinajstić information content (AvgIpc) is 2.56. The van der Waals surface area contributed by atoms with Gasteiger partial charge in [0.2, 0.25) is 5.05 Å². The SMILES string of the molecule is CCOC(C)=O.OC(=S)c1ccco1.[Na]. The van der Waals surface area contributed by atoms with Gasteiger partial charge in [-0.2, -0.15) is 0 Å². The van der Waals surface area contributed by atoms with Gasteiger partial charge >= 0.3 is 5.97 Å². The van der Waals surface area contributed by atoms with Crippen molar-refractivity contribution in [2.75, 3.05) is 6.61 Å². The van der Waals surface area contributed by atoms with Gasteiger partial charge in [0.1, 0.15) is 0 Å². The molecule has 0 bridgehead atoms. The fraction of sp³-hybridized carbons (Fsp3) is 0.333. The van der Waals surface area contributed by atoms with E-state index >= 15 is 0 Å². The molecule has 0 atom stereocenters. The fourth-order valence-electron chi connectivity index (χ4n) is 0.604. The van der Waals surface area contributed by atoms with Crippen LogP contribution in [-0.4, -0.2) is 52.3 Å². The Kier molecular flexibility index (Phi) is 11.6. The summed E-state index contributed by atoms with van der Waals surface area (Å²) < 4.78 is 9.11. The van der Waals surface area contributed by atoms with Gasteiger partial charge in [0.05, 0.1) is 12.9 Å². The zero-order valence-corrected chi connectivity index (χ0v) is 11.8. The number of rotatable bonds is 2. The summed E-state index contributed by atoms with van der Waals surface area (Å²) in [6.45, 7) is 3.65. The summed E-state index contributed by atoms with van der Waals surface area (Å²) in [6.07, 6.45) is 1.46. The van der Waals surface area contributed by atoms with Crippen LogP contribution in [0.15, 0.2) is 22.8 Å². The average molecular weight is 239 g/mol. The van der Waals surface area contributed by atoms with Gasteiger partial charge in [-0.15, -0.1) is 0 Å². The summed E-state index contributed by atoms with van der Waals surface area (Å²) in [7, 11) is 0. The smallest absolute Gasteiger partial charge is 0.302 e. The van der Waals surface area contributed by atoms with E-state index in [2.05, 4.69) is 17.0 Å². The molecule has 0 amide bonds. The predicted octanol–water partition coefficient (Wildman–Crippen LogP) is 1.70. The first-order chi connectivity index (χ1) is 6.57. The van der Waals surface area contributed by atoms with Crippen LogP contribution >= 0.6 is 12.2 Å². The molecule has 0 fully saturated rings. The number of aliphatic hydroxyl groups excluding tert-OH is 1. The number of aliphatic hydroxyl groups is 1. The number of hydrogen-bond donors (Lipinski definition) is 1. The van der Waals surface area contributed by atoms with E-state index < -0.39 is 0 Å². The monoisotopic (exact) mass is 239 g/mol. The van der Waals surface area contributed by atoms with Gasteiger partial charge < -0.3 is 14.3 Å². The molecule has 1 N–H and O–H groups in total. The van der Waals surface area contributed by atoms with Gasteiger partial charge in [0, 0.05) is 36.5 Å². The summed E-state index contributed by atoms with van der Waals surface area (Å²) in [6, 6.07) is 3.26. The quantitative estimate of drug-likeness (QED) is 0.483. The van der Waals surface area contributed by atoms with Crippen molar-refractivity contribution >= 4 is 52.8 Å². The second kappa shape index (κ2) is 10.2. The Morgan fingerprint density at radius 2 is 2.27 bits per heavy atom. The first kappa shape index (κ1) is 17.0. The molecule has 0 unspecified atom stereocenters. The van der Waals surface area contributed by atoms with Gasteiger partial charge in [0.25, 0.3) is 0 Å². The first-order valence-electron chi connectivity index (χ1n) is 3.98. The topological polar surface area (TPSA) is 59.7 Å². The van der Waals surface area contributed by atoms with E-state index in [4.69, 9.17) is 9.52 Å². The zero-order chi connectivity index (χ0) is 11.0. The molecular weight excluding hydrogens is 227 g/mol. The number of ether oxygens (including phenoxy) is 1. The van der Waals surface area contributed by atoms with Gasteiger partial charge in [-0.25, -0.2) is 0 Å². The number of carbonyl (C=O) groups is 1. The molecule has 79 valence electrons. The molecule has 1 heterocycles. The number of thiocarbonyl (C=S) groups is 1. The fourth-order valence-corrected chi connectivity index (χ4v) is 0.720. The zero-order valence-electron chi connectivity index (χ0n) is 9.02. The van der Waals surface area contributed by atoms with Crippen LogP contribution in [0.1, 0.15) is 19.6 Å². The van der Waals surface area contributed by atoms with Crippen molar-refractivity contribution in [3.05, 3.63) is 24.2 Å². The van der Waals surface area contributed by atoms with E-state index in [1.165, 1.54) is 13.2 Å². The third-order valence-corrected chi connectivity index (χ3v) is 1.28. The molecule has 1 rings (SSSR count). The minimum absolute atomic E-state index is 0. The Morgan fingerprint density at radius 3 is 2.40 bits per heavy atom.